The van der Waals surface area contributed by atoms with E-state index in [-0.39, 0.29) is 24.6 Å². The van der Waals surface area contributed by atoms with Gasteiger partial charge in [-0.3, -0.25) is 9.59 Å². The molecule has 1 fully saturated rings. The molecule has 2 aromatic carbocycles. The Morgan fingerprint density at radius 2 is 1.75 bits per heavy atom. The molecule has 2 aliphatic rings. The average Bonchev–Trinajstić information content (AvgIpc) is 3.21. The summed E-state index contributed by atoms with van der Waals surface area (Å²) >= 11 is 0. The highest BCUT2D eigenvalue weighted by molar-refractivity contribution is 5.95. The Morgan fingerprint density at radius 1 is 1.00 bits per heavy atom. The molecule has 28 heavy (non-hydrogen) atoms. The molecule has 0 unspecified atom stereocenters. The molecule has 4 rings (SSSR count). The summed E-state index contributed by atoms with van der Waals surface area (Å²) in [6.07, 6.45) is 4.92. The molecule has 1 saturated heterocycles. The normalized spacial score (nSPS) is 16.4. The van der Waals surface area contributed by atoms with Crippen LogP contribution in [0.15, 0.2) is 54.6 Å². The van der Waals surface area contributed by atoms with E-state index in [1.54, 1.807) is 24.3 Å². The number of fused-ring (bicyclic) bond motifs is 1. The maximum absolute atomic E-state index is 12.5. The van der Waals surface area contributed by atoms with Crippen LogP contribution in [0.3, 0.4) is 0 Å². The maximum atomic E-state index is 12.5. The maximum Gasteiger partial charge on any atom is 0.251 e. The number of rotatable bonds is 4. The SMILES string of the molecule is O=C(NC1CCN(C(=O)/C=C/c2ccccc2)CC1)c1ccc2c(c1)OCO2. The molecule has 6 nitrogen and oxygen atoms in total. The summed E-state index contributed by atoms with van der Waals surface area (Å²) in [6, 6.07) is 15.0. The van der Waals surface area contributed by atoms with Crippen molar-refractivity contribution in [1.29, 1.82) is 0 Å². The fraction of sp³-hybridized carbons (Fsp3) is 0.273. The van der Waals surface area contributed by atoms with Crippen molar-refractivity contribution in [3.63, 3.8) is 0 Å². The van der Waals surface area contributed by atoms with E-state index in [4.69, 9.17) is 9.47 Å². The van der Waals surface area contributed by atoms with Crippen molar-refractivity contribution in [3.05, 3.63) is 65.7 Å². The molecule has 0 radical (unpaired) electrons. The van der Waals surface area contributed by atoms with E-state index in [0.29, 0.717) is 30.2 Å². The second kappa shape index (κ2) is 8.17. The van der Waals surface area contributed by atoms with Crippen molar-refractivity contribution in [3.8, 4) is 11.5 Å². The molecule has 6 heteroatoms. The average molecular weight is 378 g/mol. The minimum absolute atomic E-state index is 0.00407. The highest BCUT2D eigenvalue weighted by Gasteiger charge is 2.24. The number of nitrogens with zero attached hydrogens (tertiary/aromatic N) is 1. The van der Waals surface area contributed by atoms with Crippen LogP contribution in [0.5, 0.6) is 11.5 Å². The number of carbonyl (C=O) groups excluding carboxylic acids is 2. The van der Waals surface area contributed by atoms with E-state index in [9.17, 15) is 9.59 Å². The molecule has 0 spiro atoms. The summed E-state index contributed by atoms with van der Waals surface area (Å²) < 4.78 is 10.6. The summed E-state index contributed by atoms with van der Waals surface area (Å²) in [7, 11) is 0. The van der Waals surface area contributed by atoms with Gasteiger partial charge in [0.15, 0.2) is 11.5 Å². The summed E-state index contributed by atoms with van der Waals surface area (Å²) in [5, 5.41) is 3.05. The highest BCUT2D eigenvalue weighted by Crippen LogP contribution is 2.32. The van der Waals surface area contributed by atoms with E-state index in [1.165, 1.54) is 0 Å². The third-order valence-corrected chi connectivity index (χ3v) is 4.99. The van der Waals surface area contributed by atoms with Crippen LogP contribution in [-0.2, 0) is 4.79 Å². The van der Waals surface area contributed by atoms with Crippen molar-refractivity contribution in [2.24, 2.45) is 0 Å². The first-order chi connectivity index (χ1) is 13.7. The molecule has 0 saturated carbocycles. The predicted octanol–water partition coefficient (Wildman–Crippen LogP) is 2.85. The van der Waals surface area contributed by atoms with Gasteiger partial charge in [-0.15, -0.1) is 0 Å². The number of benzene rings is 2. The second-order valence-electron chi connectivity index (χ2n) is 6.89. The van der Waals surface area contributed by atoms with Crippen LogP contribution < -0.4 is 14.8 Å². The zero-order chi connectivity index (χ0) is 19.3. The number of piperidine rings is 1. The Morgan fingerprint density at radius 3 is 2.54 bits per heavy atom. The molecule has 144 valence electrons. The minimum Gasteiger partial charge on any atom is -0.454 e. The fourth-order valence-electron chi connectivity index (χ4n) is 3.39. The van der Waals surface area contributed by atoms with Crippen LogP contribution in [0, 0.1) is 0 Å². The van der Waals surface area contributed by atoms with E-state index in [0.717, 1.165) is 18.4 Å². The van der Waals surface area contributed by atoms with Gasteiger partial charge in [0.05, 0.1) is 0 Å². The van der Waals surface area contributed by atoms with Crippen molar-refractivity contribution in [2.45, 2.75) is 18.9 Å². The fourth-order valence-corrected chi connectivity index (χ4v) is 3.39. The van der Waals surface area contributed by atoms with E-state index < -0.39 is 0 Å². The molecule has 2 aromatic rings. The summed E-state index contributed by atoms with van der Waals surface area (Å²) in [6.45, 7) is 1.44. The number of carbonyl (C=O) groups is 2. The molecule has 0 atom stereocenters. The van der Waals surface area contributed by atoms with E-state index in [1.807, 2.05) is 41.3 Å². The number of ether oxygens (including phenoxy) is 2. The van der Waals surface area contributed by atoms with E-state index >= 15 is 0 Å². The molecular weight excluding hydrogens is 356 g/mol. The van der Waals surface area contributed by atoms with Gasteiger partial charge in [0.25, 0.3) is 5.91 Å². The molecule has 2 amide bonds. The second-order valence-corrected chi connectivity index (χ2v) is 6.89. The van der Waals surface area contributed by atoms with Crippen molar-refractivity contribution < 1.29 is 19.1 Å². The minimum atomic E-state index is -0.132. The Hall–Kier alpha value is -3.28. The predicted molar refractivity (Wildman–Crippen MR) is 105 cm³/mol. The topological polar surface area (TPSA) is 67.9 Å². The van der Waals surface area contributed by atoms with Gasteiger partial charge in [0.2, 0.25) is 12.7 Å². The molecule has 0 aliphatic carbocycles. The Bertz CT molecular complexity index is 887. The van der Waals surface area contributed by atoms with Gasteiger partial charge in [0.1, 0.15) is 0 Å². The monoisotopic (exact) mass is 378 g/mol. The highest BCUT2D eigenvalue weighted by atomic mass is 16.7. The lowest BCUT2D eigenvalue weighted by atomic mass is 10.0. The van der Waals surface area contributed by atoms with Crippen LogP contribution in [0.2, 0.25) is 0 Å². The molecular formula is C22H22N2O4. The summed E-state index contributed by atoms with van der Waals surface area (Å²) in [5.74, 6) is 1.13. The number of hydrogen-bond donors (Lipinski definition) is 1. The van der Waals surface area contributed by atoms with Gasteiger partial charge < -0.3 is 19.7 Å². The molecule has 1 N–H and O–H groups in total. The Balaban J connectivity index is 1.27. The van der Waals surface area contributed by atoms with Crippen molar-refractivity contribution >= 4 is 17.9 Å². The van der Waals surface area contributed by atoms with Gasteiger partial charge in [-0.1, -0.05) is 30.3 Å². The lowest BCUT2D eigenvalue weighted by molar-refractivity contribution is -0.126. The van der Waals surface area contributed by atoms with Crippen LogP contribution in [0.1, 0.15) is 28.8 Å². The number of nitrogens with one attached hydrogen (secondary N) is 1. The molecule has 0 bridgehead atoms. The van der Waals surface area contributed by atoms with Gasteiger partial charge in [-0.2, -0.15) is 0 Å². The van der Waals surface area contributed by atoms with Crippen LogP contribution in [0.4, 0.5) is 0 Å². The van der Waals surface area contributed by atoms with Crippen molar-refractivity contribution in [2.75, 3.05) is 19.9 Å². The Labute approximate surface area is 163 Å². The zero-order valence-electron chi connectivity index (χ0n) is 15.5. The Kier molecular flexibility index (Phi) is 5.28. The lowest BCUT2D eigenvalue weighted by Gasteiger charge is -2.31. The van der Waals surface area contributed by atoms with Crippen LogP contribution in [-0.4, -0.2) is 42.6 Å². The van der Waals surface area contributed by atoms with Crippen LogP contribution in [0.25, 0.3) is 6.08 Å². The third kappa shape index (κ3) is 4.17. The number of amides is 2. The molecule has 2 heterocycles. The van der Waals surface area contributed by atoms with Crippen molar-refractivity contribution in [1.82, 2.24) is 10.2 Å². The first-order valence-electron chi connectivity index (χ1n) is 9.41. The van der Waals surface area contributed by atoms with Gasteiger partial charge in [0, 0.05) is 30.8 Å². The third-order valence-electron chi connectivity index (χ3n) is 4.99. The zero-order valence-corrected chi connectivity index (χ0v) is 15.5. The molecule has 0 aromatic heterocycles. The van der Waals surface area contributed by atoms with Gasteiger partial charge >= 0.3 is 0 Å². The quantitative estimate of drug-likeness (QED) is 0.831. The first kappa shape index (κ1) is 18.1. The largest absolute Gasteiger partial charge is 0.454 e. The van der Waals surface area contributed by atoms with E-state index in [2.05, 4.69) is 5.32 Å². The first-order valence-corrected chi connectivity index (χ1v) is 9.41. The number of hydrogen-bond acceptors (Lipinski definition) is 4. The van der Waals surface area contributed by atoms with Gasteiger partial charge in [-0.05, 0) is 42.7 Å². The van der Waals surface area contributed by atoms with Crippen LogP contribution >= 0.6 is 0 Å². The summed E-state index contributed by atoms with van der Waals surface area (Å²) in [5.41, 5.74) is 1.55. The number of likely N-dealkylation sites (tertiary alicyclic amines) is 1. The summed E-state index contributed by atoms with van der Waals surface area (Å²) in [4.78, 5) is 26.7. The molecule has 2 aliphatic heterocycles. The lowest BCUT2D eigenvalue weighted by Crippen LogP contribution is -2.46. The van der Waals surface area contributed by atoms with Gasteiger partial charge in [-0.25, -0.2) is 0 Å². The standard InChI is InChI=1S/C22H22N2O4/c25-21(9-6-16-4-2-1-3-5-16)24-12-10-18(11-13-24)23-22(26)17-7-8-19-20(14-17)28-15-27-19/h1-9,14,18H,10-13,15H2,(H,23,26)/b9-6+. The smallest absolute Gasteiger partial charge is 0.251 e.